The minimum atomic E-state index is 0. The molecule has 78 valence electrons. The second-order valence-electron chi connectivity index (χ2n) is 4.25. The molecule has 3 aliphatic rings. The van der Waals surface area contributed by atoms with E-state index in [0.717, 1.165) is 6.54 Å². The average Bonchev–Trinajstić information content (AvgIpc) is 2.61. The van der Waals surface area contributed by atoms with Crippen molar-refractivity contribution in [2.75, 3.05) is 19.6 Å². The highest BCUT2D eigenvalue weighted by Gasteiger charge is 2.24. The molecule has 0 bridgehead atoms. The van der Waals surface area contributed by atoms with Gasteiger partial charge in [0.1, 0.15) is 0 Å². The van der Waals surface area contributed by atoms with E-state index in [4.69, 9.17) is 0 Å². The van der Waals surface area contributed by atoms with Crippen LogP contribution in [0.2, 0.25) is 0 Å². The molecule has 0 spiro atoms. The predicted molar refractivity (Wildman–Crippen MR) is 60.6 cm³/mol. The van der Waals surface area contributed by atoms with Crippen molar-refractivity contribution in [2.24, 2.45) is 0 Å². The van der Waals surface area contributed by atoms with Gasteiger partial charge < -0.3 is 10.6 Å². The lowest BCUT2D eigenvalue weighted by atomic mass is 9.86. The van der Waals surface area contributed by atoms with Gasteiger partial charge in [0.2, 0.25) is 0 Å². The molecule has 2 nitrogen and oxygen atoms in total. The van der Waals surface area contributed by atoms with Crippen LogP contribution >= 0.6 is 12.4 Å². The van der Waals surface area contributed by atoms with Crippen LogP contribution in [0.4, 0.5) is 0 Å². The molecule has 3 rings (SSSR count). The van der Waals surface area contributed by atoms with Gasteiger partial charge in [-0.05, 0) is 31.4 Å². The molecule has 0 amide bonds. The van der Waals surface area contributed by atoms with Crippen LogP contribution in [0.3, 0.4) is 0 Å². The first-order valence-corrected chi connectivity index (χ1v) is 5.29. The molecule has 0 fully saturated rings. The second kappa shape index (κ2) is 3.95. The number of hydrogen-bond donors (Lipinski definition) is 2. The third kappa shape index (κ3) is 1.57. The van der Waals surface area contributed by atoms with Crippen molar-refractivity contribution in [1.29, 1.82) is 0 Å². The SMILES string of the molecule is C1CC2=C(CN1)CC1=C(C2)NCC1.Cl. The number of allylic oxidation sites excluding steroid dienone is 1. The molecule has 0 radical (unpaired) electrons. The lowest BCUT2D eigenvalue weighted by Crippen LogP contribution is -2.27. The van der Waals surface area contributed by atoms with Crippen molar-refractivity contribution in [2.45, 2.75) is 25.7 Å². The Hall–Kier alpha value is -0.470. The maximum Gasteiger partial charge on any atom is 0.0182 e. The van der Waals surface area contributed by atoms with Crippen LogP contribution in [-0.2, 0) is 0 Å². The fourth-order valence-electron chi connectivity index (χ4n) is 2.67. The standard InChI is InChI=1S/C11H16N2.ClH/c1-3-12-7-10-5-9-2-4-13-11(9)6-8(1)10;/h12-13H,1-7H2;1H. The van der Waals surface area contributed by atoms with Gasteiger partial charge >= 0.3 is 0 Å². The van der Waals surface area contributed by atoms with Crippen LogP contribution in [-0.4, -0.2) is 19.6 Å². The van der Waals surface area contributed by atoms with Crippen LogP contribution < -0.4 is 10.6 Å². The van der Waals surface area contributed by atoms with Gasteiger partial charge in [-0.25, -0.2) is 0 Å². The third-order valence-electron chi connectivity index (χ3n) is 3.45. The number of hydrogen-bond acceptors (Lipinski definition) is 2. The summed E-state index contributed by atoms with van der Waals surface area (Å²) in [7, 11) is 0. The maximum atomic E-state index is 3.52. The Labute approximate surface area is 91.2 Å². The molecule has 0 aromatic rings. The Morgan fingerprint density at radius 3 is 2.64 bits per heavy atom. The normalized spacial score (nSPS) is 25.1. The van der Waals surface area contributed by atoms with Crippen molar-refractivity contribution in [3.63, 3.8) is 0 Å². The van der Waals surface area contributed by atoms with Gasteiger partial charge in [-0.15, -0.1) is 12.4 Å². The zero-order chi connectivity index (χ0) is 8.67. The summed E-state index contributed by atoms with van der Waals surface area (Å²) in [5, 5.41) is 6.98. The van der Waals surface area contributed by atoms with E-state index in [1.54, 1.807) is 22.4 Å². The molecule has 2 aliphatic heterocycles. The molecule has 0 unspecified atom stereocenters. The highest BCUT2D eigenvalue weighted by molar-refractivity contribution is 5.85. The highest BCUT2D eigenvalue weighted by atomic mass is 35.5. The fraction of sp³-hybridized carbons (Fsp3) is 0.636. The molecule has 1 aliphatic carbocycles. The van der Waals surface area contributed by atoms with E-state index in [1.807, 2.05) is 0 Å². The summed E-state index contributed by atoms with van der Waals surface area (Å²) in [5.41, 5.74) is 6.64. The predicted octanol–water partition coefficient (Wildman–Crippen LogP) is 1.74. The summed E-state index contributed by atoms with van der Waals surface area (Å²) in [5.74, 6) is 0. The van der Waals surface area contributed by atoms with Gasteiger partial charge in [0, 0.05) is 25.2 Å². The Morgan fingerprint density at radius 2 is 1.71 bits per heavy atom. The first-order chi connectivity index (χ1) is 6.43. The minimum absolute atomic E-state index is 0. The van der Waals surface area contributed by atoms with Gasteiger partial charge in [0.15, 0.2) is 0 Å². The van der Waals surface area contributed by atoms with E-state index in [2.05, 4.69) is 10.6 Å². The Morgan fingerprint density at radius 1 is 0.857 bits per heavy atom. The second-order valence-corrected chi connectivity index (χ2v) is 4.25. The first-order valence-electron chi connectivity index (χ1n) is 5.29. The molecule has 0 atom stereocenters. The van der Waals surface area contributed by atoms with Gasteiger partial charge in [-0.3, -0.25) is 0 Å². The Balaban J connectivity index is 0.000000750. The molecule has 2 N–H and O–H groups in total. The molecule has 14 heavy (non-hydrogen) atoms. The lowest BCUT2D eigenvalue weighted by Gasteiger charge is -2.26. The molecular formula is C11H17ClN2. The summed E-state index contributed by atoms with van der Waals surface area (Å²) in [6, 6.07) is 0. The van der Waals surface area contributed by atoms with E-state index in [1.165, 1.54) is 38.8 Å². The molecule has 3 heteroatoms. The van der Waals surface area contributed by atoms with Crippen LogP contribution in [0.25, 0.3) is 0 Å². The van der Waals surface area contributed by atoms with Gasteiger partial charge in [0.25, 0.3) is 0 Å². The van der Waals surface area contributed by atoms with Crippen molar-refractivity contribution < 1.29 is 0 Å². The summed E-state index contributed by atoms with van der Waals surface area (Å²) >= 11 is 0. The Kier molecular flexibility index (Phi) is 2.84. The first kappa shape index (κ1) is 10.1. The smallest absolute Gasteiger partial charge is 0.0182 e. The maximum absolute atomic E-state index is 3.52. The monoisotopic (exact) mass is 212 g/mol. The lowest BCUT2D eigenvalue weighted by molar-refractivity contribution is 0.637. The Bertz CT molecular complexity index is 276. The van der Waals surface area contributed by atoms with Crippen LogP contribution in [0.5, 0.6) is 0 Å². The minimum Gasteiger partial charge on any atom is -0.388 e. The van der Waals surface area contributed by atoms with Crippen molar-refractivity contribution in [1.82, 2.24) is 10.6 Å². The molecule has 0 aromatic carbocycles. The highest BCUT2D eigenvalue weighted by Crippen LogP contribution is 2.35. The number of nitrogens with one attached hydrogen (secondary N) is 2. The van der Waals surface area contributed by atoms with Gasteiger partial charge in [-0.2, -0.15) is 0 Å². The third-order valence-corrected chi connectivity index (χ3v) is 3.45. The summed E-state index contributed by atoms with van der Waals surface area (Å²) in [4.78, 5) is 0. The number of rotatable bonds is 0. The van der Waals surface area contributed by atoms with Gasteiger partial charge in [-0.1, -0.05) is 11.1 Å². The van der Waals surface area contributed by atoms with Crippen LogP contribution in [0.1, 0.15) is 25.7 Å². The summed E-state index contributed by atoms with van der Waals surface area (Å²) in [6.45, 7) is 3.51. The summed E-state index contributed by atoms with van der Waals surface area (Å²) in [6.07, 6.45) is 5.04. The van der Waals surface area contributed by atoms with Crippen molar-refractivity contribution in [3.05, 3.63) is 22.4 Å². The summed E-state index contributed by atoms with van der Waals surface area (Å²) < 4.78 is 0. The van der Waals surface area contributed by atoms with Crippen LogP contribution in [0, 0.1) is 0 Å². The molecule has 0 saturated heterocycles. The molecular weight excluding hydrogens is 196 g/mol. The van der Waals surface area contributed by atoms with Crippen molar-refractivity contribution in [3.8, 4) is 0 Å². The topological polar surface area (TPSA) is 24.1 Å². The molecule has 2 heterocycles. The van der Waals surface area contributed by atoms with Crippen molar-refractivity contribution >= 4 is 12.4 Å². The zero-order valence-electron chi connectivity index (χ0n) is 8.36. The van der Waals surface area contributed by atoms with Crippen LogP contribution in [0.15, 0.2) is 22.4 Å². The van der Waals surface area contributed by atoms with E-state index in [9.17, 15) is 0 Å². The molecule has 0 saturated carbocycles. The van der Waals surface area contributed by atoms with E-state index < -0.39 is 0 Å². The number of halogens is 1. The van der Waals surface area contributed by atoms with E-state index >= 15 is 0 Å². The van der Waals surface area contributed by atoms with E-state index in [0.29, 0.717) is 0 Å². The van der Waals surface area contributed by atoms with E-state index in [-0.39, 0.29) is 12.4 Å². The van der Waals surface area contributed by atoms with Gasteiger partial charge in [0.05, 0.1) is 0 Å². The molecule has 0 aromatic heterocycles. The fourth-order valence-corrected chi connectivity index (χ4v) is 2.67. The quantitative estimate of drug-likeness (QED) is 0.598. The zero-order valence-corrected chi connectivity index (χ0v) is 9.17. The average molecular weight is 213 g/mol. The largest absolute Gasteiger partial charge is 0.388 e.